The van der Waals surface area contributed by atoms with E-state index >= 15 is 0 Å². The Balaban J connectivity index is 1.56. The summed E-state index contributed by atoms with van der Waals surface area (Å²) in [7, 11) is 3.19. The number of aryl methyl sites for hydroxylation is 1. The molecule has 3 aromatic carbocycles. The van der Waals surface area contributed by atoms with Crippen LogP contribution in [0.1, 0.15) is 11.1 Å². The van der Waals surface area contributed by atoms with Crippen LogP contribution >= 0.6 is 0 Å². The Morgan fingerprint density at radius 1 is 0.972 bits per heavy atom. The Morgan fingerprint density at radius 3 is 2.50 bits per heavy atom. The van der Waals surface area contributed by atoms with Crippen molar-refractivity contribution in [2.75, 3.05) is 19.5 Å². The highest BCUT2D eigenvalue weighted by Crippen LogP contribution is 2.27. The summed E-state index contributed by atoms with van der Waals surface area (Å²) in [5.41, 5.74) is 4.15. The molecule has 0 bridgehead atoms. The van der Waals surface area contributed by atoms with Gasteiger partial charge in [0.05, 0.1) is 32.6 Å². The standard InChI is InChI=1S/C28H26N4O4/c1-18-7-12-24-23(13-18)26-27(32(24)16-25(33)30-20-5-4-6-22(14-20)36-3)28(34)31(17-29-26)15-19-8-10-21(35-2)11-9-19/h4-14,17H,15-16H2,1-3H3,(H,30,33). The van der Waals surface area contributed by atoms with Crippen molar-refractivity contribution in [3.05, 3.63) is 94.5 Å². The van der Waals surface area contributed by atoms with Crippen LogP contribution in [0.5, 0.6) is 11.5 Å². The van der Waals surface area contributed by atoms with Gasteiger partial charge in [-0.1, -0.05) is 29.8 Å². The highest BCUT2D eigenvalue weighted by atomic mass is 16.5. The van der Waals surface area contributed by atoms with Crippen molar-refractivity contribution in [3.8, 4) is 11.5 Å². The maximum Gasteiger partial charge on any atom is 0.278 e. The molecular formula is C28H26N4O4. The molecule has 0 aliphatic heterocycles. The van der Waals surface area contributed by atoms with Crippen LogP contribution in [0.3, 0.4) is 0 Å². The second kappa shape index (κ2) is 9.58. The maximum absolute atomic E-state index is 13.7. The molecule has 0 saturated carbocycles. The van der Waals surface area contributed by atoms with Crippen LogP contribution in [0.25, 0.3) is 21.9 Å². The normalized spacial score (nSPS) is 11.1. The van der Waals surface area contributed by atoms with Gasteiger partial charge < -0.3 is 19.4 Å². The highest BCUT2D eigenvalue weighted by molar-refractivity contribution is 6.06. The number of anilines is 1. The second-order valence-electron chi connectivity index (χ2n) is 8.61. The lowest BCUT2D eigenvalue weighted by atomic mass is 10.1. The summed E-state index contributed by atoms with van der Waals surface area (Å²) in [5.74, 6) is 1.13. The maximum atomic E-state index is 13.7. The zero-order valence-corrected chi connectivity index (χ0v) is 20.3. The van der Waals surface area contributed by atoms with Gasteiger partial charge in [0.2, 0.25) is 5.91 Å². The van der Waals surface area contributed by atoms with Crippen molar-refractivity contribution in [1.29, 1.82) is 0 Å². The number of hydrogen-bond donors (Lipinski definition) is 1. The lowest BCUT2D eigenvalue weighted by Gasteiger charge is -2.11. The van der Waals surface area contributed by atoms with Crippen LogP contribution in [0.4, 0.5) is 5.69 Å². The van der Waals surface area contributed by atoms with E-state index < -0.39 is 0 Å². The van der Waals surface area contributed by atoms with E-state index in [0.717, 1.165) is 27.8 Å². The molecule has 0 unspecified atom stereocenters. The summed E-state index contributed by atoms with van der Waals surface area (Å²) in [6.07, 6.45) is 1.57. The van der Waals surface area contributed by atoms with Gasteiger partial charge in [0.15, 0.2) is 0 Å². The fourth-order valence-corrected chi connectivity index (χ4v) is 4.36. The van der Waals surface area contributed by atoms with E-state index in [4.69, 9.17) is 9.47 Å². The molecule has 2 heterocycles. The Morgan fingerprint density at radius 2 is 1.75 bits per heavy atom. The summed E-state index contributed by atoms with van der Waals surface area (Å²) in [4.78, 5) is 31.4. The number of ether oxygens (including phenoxy) is 2. The summed E-state index contributed by atoms with van der Waals surface area (Å²) >= 11 is 0. The van der Waals surface area contributed by atoms with Gasteiger partial charge in [0.25, 0.3) is 5.56 Å². The zero-order chi connectivity index (χ0) is 25.2. The van der Waals surface area contributed by atoms with Crippen LogP contribution in [0, 0.1) is 6.92 Å². The Labute approximate surface area is 207 Å². The van der Waals surface area contributed by atoms with Gasteiger partial charge in [-0.25, -0.2) is 4.98 Å². The van der Waals surface area contributed by atoms with Crippen LogP contribution < -0.4 is 20.3 Å². The van der Waals surface area contributed by atoms with Gasteiger partial charge in [-0.05, 0) is 48.9 Å². The number of benzene rings is 3. The number of amides is 1. The zero-order valence-electron chi connectivity index (χ0n) is 20.3. The Bertz CT molecular complexity index is 1630. The highest BCUT2D eigenvalue weighted by Gasteiger charge is 2.19. The van der Waals surface area contributed by atoms with Crippen LogP contribution in [-0.2, 0) is 17.9 Å². The fourth-order valence-electron chi connectivity index (χ4n) is 4.36. The number of hydrogen-bond acceptors (Lipinski definition) is 5. The van der Waals surface area contributed by atoms with Crippen LogP contribution in [0.15, 0.2) is 77.9 Å². The first-order valence-electron chi connectivity index (χ1n) is 11.5. The molecule has 0 fully saturated rings. The van der Waals surface area contributed by atoms with E-state index in [1.165, 1.54) is 0 Å². The summed E-state index contributed by atoms with van der Waals surface area (Å²) in [6.45, 7) is 2.30. The first kappa shape index (κ1) is 23.2. The van der Waals surface area contributed by atoms with Gasteiger partial charge in [-0.3, -0.25) is 14.2 Å². The number of nitrogens with zero attached hydrogens (tertiary/aromatic N) is 3. The third kappa shape index (κ3) is 4.40. The molecule has 5 rings (SSSR count). The molecule has 0 atom stereocenters. The van der Waals surface area contributed by atoms with Crippen molar-refractivity contribution in [1.82, 2.24) is 14.1 Å². The minimum absolute atomic E-state index is 0.0380. The lowest BCUT2D eigenvalue weighted by Crippen LogP contribution is -2.25. The molecule has 5 aromatic rings. The lowest BCUT2D eigenvalue weighted by molar-refractivity contribution is -0.116. The smallest absolute Gasteiger partial charge is 0.278 e. The van der Waals surface area contributed by atoms with Crippen molar-refractivity contribution < 1.29 is 14.3 Å². The number of methoxy groups -OCH3 is 2. The van der Waals surface area contributed by atoms with E-state index in [1.807, 2.05) is 55.5 Å². The van der Waals surface area contributed by atoms with E-state index in [-0.39, 0.29) is 18.0 Å². The van der Waals surface area contributed by atoms with Gasteiger partial charge in [-0.15, -0.1) is 0 Å². The molecule has 0 aliphatic carbocycles. The molecule has 0 spiro atoms. The number of aromatic nitrogens is 3. The van der Waals surface area contributed by atoms with E-state index in [1.54, 1.807) is 47.9 Å². The number of rotatable bonds is 7. The molecule has 0 radical (unpaired) electrons. The minimum Gasteiger partial charge on any atom is -0.497 e. The Kier molecular flexibility index (Phi) is 6.16. The SMILES string of the molecule is COc1ccc(Cn2cnc3c4cc(C)ccc4n(CC(=O)Nc4cccc(OC)c4)c3c2=O)cc1. The molecule has 8 heteroatoms. The third-order valence-corrected chi connectivity index (χ3v) is 6.15. The predicted molar refractivity (Wildman–Crippen MR) is 140 cm³/mol. The number of fused-ring (bicyclic) bond motifs is 3. The van der Waals surface area contributed by atoms with E-state index in [9.17, 15) is 9.59 Å². The predicted octanol–water partition coefficient (Wildman–Crippen LogP) is 4.36. The van der Waals surface area contributed by atoms with Gasteiger partial charge in [0.1, 0.15) is 29.1 Å². The molecular weight excluding hydrogens is 456 g/mol. The molecule has 1 N–H and O–H groups in total. The average molecular weight is 483 g/mol. The molecule has 36 heavy (non-hydrogen) atoms. The van der Waals surface area contributed by atoms with Crippen molar-refractivity contribution in [2.45, 2.75) is 20.0 Å². The van der Waals surface area contributed by atoms with Crippen molar-refractivity contribution in [3.63, 3.8) is 0 Å². The van der Waals surface area contributed by atoms with Crippen LogP contribution in [0.2, 0.25) is 0 Å². The van der Waals surface area contributed by atoms with E-state index in [2.05, 4.69) is 10.3 Å². The second-order valence-corrected chi connectivity index (χ2v) is 8.61. The molecule has 2 aromatic heterocycles. The molecule has 0 saturated heterocycles. The number of carbonyl (C=O) groups excluding carboxylic acids is 1. The topological polar surface area (TPSA) is 87.4 Å². The van der Waals surface area contributed by atoms with Crippen LogP contribution in [-0.4, -0.2) is 34.2 Å². The van der Waals surface area contributed by atoms with Crippen molar-refractivity contribution >= 4 is 33.5 Å². The average Bonchev–Trinajstić information content (AvgIpc) is 3.19. The third-order valence-electron chi connectivity index (χ3n) is 6.15. The molecule has 182 valence electrons. The van der Waals surface area contributed by atoms with Gasteiger partial charge in [-0.2, -0.15) is 0 Å². The molecule has 8 nitrogen and oxygen atoms in total. The fraction of sp³-hybridized carbons (Fsp3) is 0.179. The summed E-state index contributed by atoms with van der Waals surface area (Å²) in [5, 5.41) is 3.74. The number of carbonyl (C=O) groups is 1. The monoisotopic (exact) mass is 482 g/mol. The Hall–Kier alpha value is -4.59. The summed E-state index contributed by atoms with van der Waals surface area (Å²) < 4.78 is 13.8. The quantitative estimate of drug-likeness (QED) is 0.372. The minimum atomic E-state index is -0.257. The summed E-state index contributed by atoms with van der Waals surface area (Å²) in [6, 6.07) is 20.6. The van der Waals surface area contributed by atoms with Crippen molar-refractivity contribution in [2.24, 2.45) is 0 Å². The van der Waals surface area contributed by atoms with E-state index in [0.29, 0.717) is 29.0 Å². The number of nitrogens with one attached hydrogen (secondary N) is 1. The van der Waals surface area contributed by atoms with Gasteiger partial charge in [0, 0.05) is 17.1 Å². The first-order chi connectivity index (χ1) is 17.5. The largest absolute Gasteiger partial charge is 0.497 e. The first-order valence-corrected chi connectivity index (χ1v) is 11.5. The molecule has 1 amide bonds. The van der Waals surface area contributed by atoms with Gasteiger partial charge >= 0.3 is 0 Å². The molecule has 0 aliphatic rings.